The molecule has 0 spiro atoms. The smallest absolute Gasteiger partial charge is 0.319 e. The van der Waals surface area contributed by atoms with Crippen LogP contribution in [0.5, 0.6) is 5.75 Å². The molecule has 0 radical (unpaired) electrons. The Balaban J connectivity index is 2.10. The molecule has 6 heteroatoms. The Labute approximate surface area is 111 Å². The van der Waals surface area contributed by atoms with E-state index >= 15 is 0 Å². The van der Waals surface area contributed by atoms with Gasteiger partial charge in [0.05, 0.1) is 12.8 Å². The average Bonchev–Trinajstić information content (AvgIpc) is 3.13. The first-order chi connectivity index (χ1) is 8.60. The largest absolute Gasteiger partial charge is 0.495 e. The standard InChI is InChI=1S/C12H15N3O2S/c1-17-10-6-7(11(13)18)2-5-9(10)15-12(16)14-8-3-4-8/h2,5-6,8H,3-4H2,1H3,(H2,13,18)(H2,14,15,16). The highest BCUT2D eigenvalue weighted by Crippen LogP contribution is 2.26. The van der Waals surface area contributed by atoms with Gasteiger partial charge in [-0.3, -0.25) is 0 Å². The summed E-state index contributed by atoms with van der Waals surface area (Å²) in [6.45, 7) is 0. The van der Waals surface area contributed by atoms with Gasteiger partial charge in [0, 0.05) is 11.6 Å². The molecule has 1 aliphatic carbocycles. The van der Waals surface area contributed by atoms with Crippen molar-refractivity contribution >= 4 is 28.9 Å². The maximum Gasteiger partial charge on any atom is 0.319 e. The van der Waals surface area contributed by atoms with Crippen LogP contribution in [-0.2, 0) is 0 Å². The fraction of sp³-hybridized carbons (Fsp3) is 0.333. The molecule has 2 rings (SSSR count). The number of carbonyl (C=O) groups excluding carboxylic acids is 1. The van der Waals surface area contributed by atoms with E-state index in [9.17, 15) is 4.79 Å². The van der Waals surface area contributed by atoms with Gasteiger partial charge < -0.3 is 21.1 Å². The van der Waals surface area contributed by atoms with Gasteiger partial charge in [-0.05, 0) is 31.0 Å². The number of methoxy groups -OCH3 is 1. The van der Waals surface area contributed by atoms with Gasteiger partial charge in [-0.1, -0.05) is 12.2 Å². The predicted octanol–water partition coefficient (Wildman–Crippen LogP) is 1.61. The fourth-order valence-electron chi connectivity index (χ4n) is 1.52. The zero-order chi connectivity index (χ0) is 13.1. The Morgan fingerprint density at radius 1 is 1.50 bits per heavy atom. The first-order valence-electron chi connectivity index (χ1n) is 5.65. The third-order valence-corrected chi connectivity index (χ3v) is 2.88. The van der Waals surface area contributed by atoms with Gasteiger partial charge in [0.15, 0.2) is 0 Å². The van der Waals surface area contributed by atoms with Crippen molar-refractivity contribution in [3.63, 3.8) is 0 Å². The van der Waals surface area contributed by atoms with Crippen LogP contribution in [0.15, 0.2) is 18.2 Å². The number of amides is 2. The van der Waals surface area contributed by atoms with Crippen LogP contribution in [0.25, 0.3) is 0 Å². The minimum atomic E-state index is -0.223. The van der Waals surface area contributed by atoms with Crippen LogP contribution in [0.1, 0.15) is 18.4 Å². The minimum absolute atomic E-state index is 0.223. The lowest BCUT2D eigenvalue weighted by atomic mass is 10.2. The van der Waals surface area contributed by atoms with Gasteiger partial charge in [-0.2, -0.15) is 0 Å². The van der Waals surface area contributed by atoms with Crippen LogP contribution in [-0.4, -0.2) is 24.2 Å². The molecule has 1 aromatic rings. The number of nitrogens with two attached hydrogens (primary N) is 1. The summed E-state index contributed by atoms with van der Waals surface area (Å²) < 4.78 is 5.20. The summed E-state index contributed by atoms with van der Waals surface area (Å²) in [7, 11) is 1.53. The lowest BCUT2D eigenvalue weighted by Gasteiger charge is -2.12. The van der Waals surface area contributed by atoms with Crippen molar-refractivity contribution in [1.82, 2.24) is 5.32 Å². The van der Waals surface area contributed by atoms with E-state index in [0.717, 1.165) is 12.8 Å². The number of ether oxygens (including phenoxy) is 1. The number of hydrogen-bond donors (Lipinski definition) is 3. The van der Waals surface area contributed by atoms with E-state index in [1.807, 2.05) is 0 Å². The van der Waals surface area contributed by atoms with E-state index < -0.39 is 0 Å². The van der Waals surface area contributed by atoms with E-state index in [-0.39, 0.29) is 6.03 Å². The van der Waals surface area contributed by atoms with Crippen molar-refractivity contribution in [2.24, 2.45) is 5.73 Å². The molecule has 0 atom stereocenters. The first-order valence-corrected chi connectivity index (χ1v) is 6.06. The third kappa shape index (κ3) is 3.10. The van der Waals surface area contributed by atoms with Crippen LogP contribution >= 0.6 is 12.2 Å². The molecule has 0 heterocycles. The second kappa shape index (κ2) is 5.22. The lowest BCUT2D eigenvalue weighted by molar-refractivity contribution is 0.251. The third-order valence-electron chi connectivity index (χ3n) is 2.65. The van der Waals surface area contributed by atoms with E-state index in [4.69, 9.17) is 22.7 Å². The van der Waals surface area contributed by atoms with Gasteiger partial charge in [0.2, 0.25) is 0 Å². The van der Waals surface area contributed by atoms with E-state index in [1.54, 1.807) is 18.2 Å². The number of thiocarbonyl (C=S) groups is 1. The quantitative estimate of drug-likeness (QED) is 0.723. The molecule has 18 heavy (non-hydrogen) atoms. The van der Waals surface area contributed by atoms with Crippen LogP contribution in [0.4, 0.5) is 10.5 Å². The van der Waals surface area contributed by atoms with Gasteiger partial charge >= 0.3 is 6.03 Å². The Hall–Kier alpha value is -1.82. The van der Waals surface area contributed by atoms with Crippen molar-refractivity contribution in [2.75, 3.05) is 12.4 Å². The van der Waals surface area contributed by atoms with Gasteiger partial charge in [-0.25, -0.2) is 4.79 Å². The molecule has 0 unspecified atom stereocenters. The summed E-state index contributed by atoms with van der Waals surface area (Å²) in [6, 6.07) is 5.26. The molecular weight excluding hydrogens is 250 g/mol. The predicted molar refractivity (Wildman–Crippen MR) is 74.1 cm³/mol. The number of rotatable bonds is 4. The van der Waals surface area contributed by atoms with Crippen molar-refractivity contribution in [1.29, 1.82) is 0 Å². The molecule has 0 bridgehead atoms. The molecule has 1 aliphatic rings. The van der Waals surface area contributed by atoms with E-state index in [1.165, 1.54) is 7.11 Å². The van der Waals surface area contributed by atoms with Crippen LogP contribution in [0, 0.1) is 0 Å². The first kappa shape index (κ1) is 12.6. The summed E-state index contributed by atoms with van der Waals surface area (Å²) in [6.07, 6.45) is 2.09. The second-order valence-electron chi connectivity index (χ2n) is 4.15. The molecule has 2 amide bonds. The zero-order valence-corrected chi connectivity index (χ0v) is 10.8. The highest BCUT2D eigenvalue weighted by Gasteiger charge is 2.23. The number of anilines is 1. The number of nitrogens with one attached hydrogen (secondary N) is 2. The molecule has 0 aliphatic heterocycles. The molecule has 0 aromatic heterocycles. The van der Waals surface area contributed by atoms with Crippen molar-refractivity contribution in [2.45, 2.75) is 18.9 Å². The topological polar surface area (TPSA) is 76.4 Å². The molecule has 1 saturated carbocycles. The summed E-state index contributed by atoms with van der Waals surface area (Å²) >= 11 is 4.89. The highest BCUT2D eigenvalue weighted by atomic mass is 32.1. The number of carbonyl (C=O) groups is 1. The van der Waals surface area contributed by atoms with Crippen LogP contribution in [0.3, 0.4) is 0 Å². The lowest BCUT2D eigenvalue weighted by Crippen LogP contribution is -2.30. The Bertz CT molecular complexity index is 486. The Morgan fingerprint density at radius 3 is 2.78 bits per heavy atom. The second-order valence-corrected chi connectivity index (χ2v) is 4.59. The zero-order valence-electron chi connectivity index (χ0n) is 10.0. The molecule has 96 valence electrons. The minimum Gasteiger partial charge on any atom is -0.495 e. The monoisotopic (exact) mass is 265 g/mol. The number of benzene rings is 1. The van der Waals surface area contributed by atoms with Crippen LogP contribution < -0.4 is 21.1 Å². The number of urea groups is 1. The normalized spacial score (nSPS) is 13.8. The van der Waals surface area contributed by atoms with Crippen molar-refractivity contribution in [3.8, 4) is 5.75 Å². The van der Waals surface area contributed by atoms with Crippen molar-refractivity contribution < 1.29 is 9.53 Å². The molecule has 5 nitrogen and oxygen atoms in total. The summed E-state index contributed by atoms with van der Waals surface area (Å²) in [5, 5.41) is 5.57. The van der Waals surface area contributed by atoms with E-state index in [0.29, 0.717) is 28.0 Å². The van der Waals surface area contributed by atoms with Crippen molar-refractivity contribution in [3.05, 3.63) is 23.8 Å². The van der Waals surface area contributed by atoms with Crippen LogP contribution in [0.2, 0.25) is 0 Å². The van der Waals surface area contributed by atoms with Gasteiger partial charge in [-0.15, -0.1) is 0 Å². The Morgan fingerprint density at radius 2 is 2.22 bits per heavy atom. The molecule has 0 saturated heterocycles. The Kier molecular flexibility index (Phi) is 3.66. The molecular formula is C12H15N3O2S. The maximum atomic E-state index is 11.6. The summed E-state index contributed by atoms with van der Waals surface area (Å²) in [5.74, 6) is 0.534. The maximum absolute atomic E-state index is 11.6. The summed E-state index contributed by atoms with van der Waals surface area (Å²) in [4.78, 5) is 11.9. The summed E-state index contributed by atoms with van der Waals surface area (Å²) in [5.41, 5.74) is 6.84. The molecule has 4 N–H and O–H groups in total. The SMILES string of the molecule is COc1cc(C(N)=S)ccc1NC(=O)NC1CC1. The number of hydrogen-bond acceptors (Lipinski definition) is 3. The van der Waals surface area contributed by atoms with Gasteiger partial charge in [0.25, 0.3) is 0 Å². The van der Waals surface area contributed by atoms with E-state index in [2.05, 4.69) is 10.6 Å². The molecule has 1 fully saturated rings. The highest BCUT2D eigenvalue weighted by molar-refractivity contribution is 7.80. The fourth-order valence-corrected chi connectivity index (χ4v) is 1.65. The average molecular weight is 265 g/mol. The van der Waals surface area contributed by atoms with Gasteiger partial charge in [0.1, 0.15) is 10.7 Å². The molecule has 1 aromatic carbocycles.